The van der Waals surface area contributed by atoms with Crippen LogP contribution in [0.1, 0.15) is 47.4 Å². The Morgan fingerprint density at radius 1 is 0.816 bits per heavy atom. The van der Waals surface area contributed by atoms with E-state index in [1.165, 1.54) is 27.6 Å². The van der Waals surface area contributed by atoms with E-state index in [2.05, 4.69) is 83.7 Å². The summed E-state index contributed by atoms with van der Waals surface area (Å²) in [6, 6.07) is 37.3. The molecule has 0 bridgehead atoms. The molecule has 2 unspecified atom stereocenters. The van der Waals surface area contributed by atoms with Crippen LogP contribution in [0.25, 0.3) is 10.9 Å². The van der Waals surface area contributed by atoms with Gasteiger partial charge in [-0.25, -0.2) is 0 Å². The number of carbonyl (C=O) groups excluding carboxylic acids is 1. The average molecular weight is 503 g/mol. The molecule has 38 heavy (non-hydrogen) atoms. The van der Waals surface area contributed by atoms with Gasteiger partial charge in [0.1, 0.15) is 5.75 Å². The number of fused-ring (bicyclic) bond motifs is 1. The fourth-order valence-corrected chi connectivity index (χ4v) is 5.24. The van der Waals surface area contributed by atoms with Crippen LogP contribution in [-0.4, -0.2) is 17.6 Å². The van der Waals surface area contributed by atoms with E-state index in [1.807, 2.05) is 48.5 Å². The highest BCUT2D eigenvalue weighted by Gasteiger charge is 2.27. The number of methoxy groups -OCH3 is 1. The maximum absolute atomic E-state index is 13.3. The lowest BCUT2D eigenvalue weighted by Crippen LogP contribution is -2.26. The highest BCUT2D eigenvalue weighted by Crippen LogP contribution is 2.40. The van der Waals surface area contributed by atoms with E-state index in [1.54, 1.807) is 7.11 Å². The van der Waals surface area contributed by atoms with Crippen LogP contribution in [0.2, 0.25) is 0 Å². The van der Waals surface area contributed by atoms with Crippen molar-refractivity contribution in [2.75, 3.05) is 7.11 Å². The fraction of sp³-hybridized carbons (Fsp3) is 0.206. The molecule has 1 N–H and O–H groups in total. The van der Waals surface area contributed by atoms with Gasteiger partial charge < -0.3 is 14.6 Å². The summed E-state index contributed by atoms with van der Waals surface area (Å²) in [4.78, 5) is 13.3. The molecule has 5 aromatic rings. The molecule has 0 saturated heterocycles. The van der Waals surface area contributed by atoms with Crippen molar-refractivity contribution in [2.45, 2.75) is 38.3 Å². The van der Waals surface area contributed by atoms with Gasteiger partial charge >= 0.3 is 0 Å². The largest absolute Gasteiger partial charge is 0.497 e. The first kappa shape index (κ1) is 25.3. The molecule has 192 valence electrons. The third-order valence-corrected chi connectivity index (χ3v) is 7.40. The third-order valence-electron chi connectivity index (χ3n) is 7.40. The molecule has 0 spiro atoms. The zero-order chi connectivity index (χ0) is 26.3. The Morgan fingerprint density at radius 2 is 1.47 bits per heavy atom. The van der Waals surface area contributed by atoms with Gasteiger partial charge in [0, 0.05) is 42.5 Å². The van der Waals surface area contributed by atoms with Crippen LogP contribution in [0.5, 0.6) is 5.75 Å². The maximum atomic E-state index is 13.3. The van der Waals surface area contributed by atoms with Gasteiger partial charge in [-0.15, -0.1) is 0 Å². The monoisotopic (exact) mass is 502 g/mol. The summed E-state index contributed by atoms with van der Waals surface area (Å²) >= 11 is 0. The molecular weight excluding hydrogens is 468 g/mol. The molecule has 0 aliphatic rings. The lowest BCUT2D eigenvalue weighted by atomic mass is 9.80. The Hall–Kier alpha value is -4.31. The van der Waals surface area contributed by atoms with E-state index < -0.39 is 0 Å². The molecule has 4 aromatic carbocycles. The molecule has 0 saturated carbocycles. The fourth-order valence-electron chi connectivity index (χ4n) is 5.24. The zero-order valence-corrected chi connectivity index (χ0v) is 22.0. The van der Waals surface area contributed by atoms with Crippen LogP contribution in [-0.2, 0) is 17.9 Å². The van der Waals surface area contributed by atoms with Crippen molar-refractivity contribution in [3.05, 3.63) is 138 Å². The second-order valence-electron chi connectivity index (χ2n) is 9.85. The smallest absolute Gasteiger partial charge is 0.220 e. The van der Waals surface area contributed by atoms with Crippen molar-refractivity contribution < 1.29 is 9.53 Å². The molecule has 4 nitrogen and oxygen atoms in total. The molecule has 0 aliphatic heterocycles. The van der Waals surface area contributed by atoms with Crippen molar-refractivity contribution in [3.63, 3.8) is 0 Å². The van der Waals surface area contributed by atoms with Crippen LogP contribution >= 0.6 is 0 Å². The Kier molecular flexibility index (Phi) is 7.89. The molecule has 0 radical (unpaired) electrons. The Labute approximate surface area is 224 Å². The number of hydrogen-bond donors (Lipinski definition) is 1. The van der Waals surface area contributed by atoms with E-state index >= 15 is 0 Å². The van der Waals surface area contributed by atoms with Crippen molar-refractivity contribution in [3.8, 4) is 5.75 Å². The van der Waals surface area contributed by atoms with Crippen LogP contribution in [0.4, 0.5) is 0 Å². The number of amides is 1. The van der Waals surface area contributed by atoms with E-state index in [0.717, 1.165) is 17.9 Å². The van der Waals surface area contributed by atoms with Gasteiger partial charge in [0.05, 0.1) is 7.11 Å². The van der Waals surface area contributed by atoms with Gasteiger partial charge in [-0.2, -0.15) is 0 Å². The number of carbonyl (C=O) groups is 1. The molecule has 0 aliphatic carbocycles. The number of nitrogens with one attached hydrogen (secondary N) is 1. The number of rotatable bonds is 10. The summed E-state index contributed by atoms with van der Waals surface area (Å²) in [7, 11) is 1.69. The summed E-state index contributed by atoms with van der Waals surface area (Å²) in [6.07, 6.45) is 2.67. The van der Waals surface area contributed by atoms with Crippen molar-refractivity contribution in [2.24, 2.45) is 0 Å². The molecule has 1 amide bonds. The quantitative estimate of drug-likeness (QED) is 0.218. The maximum Gasteiger partial charge on any atom is 0.220 e. The first-order chi connectivity index (χ1) is 18.6. The SMILES string of the molecule is COc1ccc(Cn2cc(C(CC(=O)NCc3ccccc3)C(C)c3ccccc3)c3ccccc32)cc1. The predicted octanol–water partition coefficient (Wildman–Crippen LogP) is 7.29. The summed E-state index contributed by atoms with van der Waals surface area (Å²) < 4.78 is 7.64. The minimum absolute atomic E-state index is 0.0233. The summed E-state index contributed by atoms with van der Waals surface area (Å²) in [6.45, 7) is 3.52. The van der Waals surface area contributed by atoms with Crippen LogP contribution in [0.3, 0.4) is 0 Å². The number of ether oxygens (including phenoxy) is 1. The van der Waals surface area contributed by atoms with E-state index in [9.17, 15) is 4.79 Å². The summed E-state index contributed by atoms with van der Waals surface area (Å²) in [5.41, 5.74) is 5.92. The summed E-state index contributed by atoms with van der Waals surface area (Å²) in [5.74, 6) is 1.10. The number of benzene rings is 4. The highest BCUT2D eigenvalue weighted by atomic mass is 16.5. The van der Waals surface area contributed by atoms with E-state index in [-0.39, 0.29) is 17.7 Å². The Morgan fingerprint density at radius 3 is 2.18 bits per heavy atom. The van der Waals surface area contributed by atoms with Gasteiger partial charge in [0.25, 0.3) is 0 Å². The Balaban J connectivity index is 1.48. The van der Waals surface area contributed by atoms with Crippen molar-refractivity contribution in [1.82, 2.24) is 9.88 Å². The second kappa shape index (κ2) is 11.8. The minimum Gasteiger partial charge on any atom is -0.497 e. The zero-order valence-electron chi connectivity index (χ0n) is 22.0. The minimum atomic E-state index is 0.0233. The standard InChI is InChI=1S/C34H34N2O2/c1-25(28-13-7-4-8-14-28)31(21-34(37)35-22-26-11-5-3-6-12-26)32-24-36(33-16-10-9-15-30(32)33)23-27-17-19-29(38-2)20-18-27/h3-20,24-25,31H,21-23H2,1-2H3,(H,35,37). The van der Waals surface area contributed by atoms with E-state index in [4.69, 9.17) is 4.74 Å². The molecule has 2 atom stereocenters. The van der Waals surface area contributed by atoms with Gasteiger partial charge in [-0.05, 0) is 46.4 Å². The molecule has 0 fully saturated rings. The number of aromatic nitrogens is 1. The lowest BCUT2D eigenvalue weighted by molar-refractivity contribution is -0.121. The Bertz CT molecular complexity index is 1470. The first-order valence-corrected chi connectivity index (χ1v) is 13.2. The van der Waals surface area contributed by atoms with E-state index in [0.29, 0.717) is 13.0 Å². The van der Waals surface area contributed by atoms with Gasteiger partial charge in [-0.3, -0.25) is 4.79 Å². The van der Waals surface area contributed by atoms with Crippen LogP contribution in [0, 0.1) is 0 Å². The van der Waals surface area contributed by atoms with Crippen molar-refractivity contribution >= 4 is 16.8 Å². The average Bonchev–Trinajstić information content (AvgIpc) is 3.34. The number of para-hydroxylation sites is 1. The predicted molar refractivity (Wildman–Crippen MR) is 155 cm³/mol. The van der Waals surface area contributed by atoms with Crippen molar-refractivity contribution in [1.29, 1.82) is 0 Å². The molecule has 1 heterocycles. The lowest BCUT2D eigenvalue weighted by Gasteiger charge is -2.24. The normalized spacial score (nSPS) is 12.7. The third kappa shape index (κ3) is 5.81. The van der Waals surface area contributed by atoms with Crippen LogP contribution in [0.15, 0.2) is 115 Å². The molecule has 5 rings (SSSR count). The second-order valence-corrected chi connectivity index (χ2v) is 9.85. The molecule has 1 aromatic heterocycles. The van der Waals surface area contributed by atoms with Gasteiger partial charge in [0.15, 0.2) is 0 Å². The number of hydrogen-bond acceptors (Lipinski definition) is 2. The van der Waals surface area contributed by atoms with Crippen LogP contribution < -0.4 is 10.1 Å². The van der Waals surface area contributed by atoms with Gasteiger partial charge in [0.2, 0.25) is 5.91 Å². The number of nitrogens with zero attached hydrogens (tertiary/aromatic N) is 1. The van der Waals surface area contributed by atoms with Gasteiger partial charge in [-0.1, -0.05) is 97.9 Å². The topological polar surface area (TPSA) is 43.3 Å². The first-order valence-electron chi connectivity index (χ1n) is 13.2. The highest BCUT2D eigenvalue weighted by molar-refractivity contribution is 5.86. The molecular formula is C34H34N2O2. The summed E-state index contributed by atoms with van der Waals surface area (Å²) in [5, 5.41) is 4.35. The molecule has 4 heteroatoms.